The number of hydrogen-bond donors (Lipinski definition) is 2. The summed E-state index contributed by atoms with van der Waals surface area (Å²) >= 11 is 0. The molecule has 40 heavy (non-hydrogen) atoms. The van der Waals surface area contributed by atoms with E-state index in [4.69, 9.17) is 10.5 Å². The zero-order chi connectivity index (χ0) is 29.1. The van der Waals surface area contributed by atoms with Gasteiger partial charge in [-0.1, -0.05) is 18.2 Å². The smallest absolute Gasteiger partial charge is 0.265 e. The Morgan fingerprint density at radius 3 is 2.38 bits per heavy atom. The van der Waals surface area contributed by atoms with E-state index in [9.17, 15) is 13.6 Å². The van der Waals surface area contributed by atoms with Gasteiger partial charge in [0.25, 0.3) is 6.43 Å². The molecule has 0 radical (unpaired) electrons. The first-order valence-electron chi connectivity index (χ1n) is 12.8. The van der Waals surface area contributed by atoms with Gasteiger partial charge in [0, 0.05) is 54.7 Å². The number of methoxy groups -OCH3 is 1. The Bertz CT molecular complexity index is 1540. The van der Waals surface area contributed by atoms with Gasteiger partial charge in [0.2, 0.25) is 5.91 Å². The lowest BCUT2D eigenvalue weighted by Crippen LogP contribution is -2.23. The Morgan fingerprint density at radius 2 is 1.70 bits per heavy atom. The van der Waals surface area contributed by atoms with Crippen molar-refractivity contribution in [1.29, 1.82) is 0 Å². The topological polar surface area (TPSA) is 96.6 Å². The number of benzene rings is 3. The van der Waals surface area contributed by atoms with E-state index in [2.05, 4.69) is 15.3 Å². The highest BCUT2D eigenvalue weighted by Crippen LogP contribution is 2.35. The van der Waals surface area contributed by atoms with Crippen LogP contribution in [0.15, 0.2) is 54.6 Å². The van der Waals surface area contributed by atoms with Gasteiger partial charge in [0.15, 0.2) is 0 Å². The van der Waals surface area contributed by atoms with Crippen molar-refractivity contribution >= 4 is 39.7 Å². The lowest BCUT2D eigenvalue weighted by molar-refractivity contribution is -0.127. The van der Waals surface area contributed by atoms with Gasteiger partial charge in [-0.3, -0.25) is 4.79 Å². The number of hydrogen-bond acceptors (Lipinski definition) is 7. The van der Waals surface area contributed by atoms with Gasteiger partial charge in [0.05, 0.1) is 25.1 Å². The minimum atomic E-state index is -2.66. The SMILES string of the molecule is COc1ccc(N(C)c2ccc3nc(C)nc(NC(C)c4cccc(C(F)F)c4N)c3c2)cc1CC(=O)N(C)C. The number of halogens is 2. The molecule has 0 bridgehead atoms. The summed E-state index contributed by atoms with van der Waals surface area (Å²) in [4.78, 5) is 25.1. The summed E-state index contributed by atoms with van der Waals surface area (Å²) in [6, 6.07) is 15.8. The molecule has 0 aliphatic carbocycles. The highest BCUT2D eigenvalue weighted by Gasteiger charge is 2.19. The Balaban J connectivity index is 1.70. The zero-order valence-corrected chi connectivity index (χ0v) is 23.5. The van der Waals surface area contributed by atoms with Crippen LogP contribution in [0.4, 0.5) is 31.7 Å². The molecule has 4 aromatic rings. The number of nitrogens with two attached hydrogens (primary N) is 1. The number of likely N-dealkylation sites (N-methyl/N-ethyl adjacent to an activating group) is 1. The van der Waals surface area contributed by atoms with E-state index in [1.54, 1.807) is 45.2 Å². The number of carbonyl (C=O) groups is 1. The summed E-state index contributed by atoms with van der Waals surface area (Å²) in [5.74, 6) is 1.76. The van der Waals surface area contributed by atoms with Crippen molar-refractivity contribution in [3.05, 3.63) is 77.1 Å². The van der Waals surface area contributed by atoms with Crippen molar-refractivity contribution < 1.29 is 18.3 Å². The highest BCUT2D eigenvalue weighted by molar-refractivity contribution is 5.92. The van der Waals surface area contributed by atoms with Crippen LogP contribution in [0.1, 0.15) is 41.9 Å². The molecule has 0 fully saturated rings. The number of nitrogens with one attached hydrogen (secondary N) is 1. The molecule has 10 heteroatoms. The number of nitrogen functional groups attached to an aromatic ring is 1. The monoisotopic (exact) mass is 548 g/mol. The molecule has 1 atom stereocenters. The summed E-state index contributed by atoms with van der Waals surface area (Å²) in [5, 5.41) is 4.12. The average molecular weight is 549 g/mol. The van der Waals surface area contributed by atoms with Gasteiger partial charge in [-0.25, -0.2) is 18.7 Å². The second kappa shape index (κ2) is 11.7. The summed E-state index contributed by atoms with van der Waals surface area (Å²) in [6.45, 7) is 3.66. The molecule has 3 N–H and O–H groups in total. The van der Waals surface area contributed by atoms with E-state index in [0.717, 1.165) is 27.8 Å². The summed E-state index contributed by atoms with van der Waals surface area (Å²) in [6.07, 6.45) is -2.45. The number of fused-ring (bicyclic) bond motifs is 1. The molecule has 1 amide bonds. The predicted octanol–water partition coefficient (Wildman–Crippen LogP) is 6.04. The summed E-state index contributed by atoms with van der Waals surface area (Å²) in [7, 11) is 6.96. The van der Waals surface area contributed by atoms with Crippen molar-refractivity contribution in [1.82, 2.24) is 14.9 Å². The standard InChI is InChI=1S/C30H34F2N6O2/c1-17(22-8-7-9-23(28(22)33)29(31)32)34-30-24-16-21(10-12-25(24)35-18(2)36-30)38(5)20-11-13-26(40-6)19(14-20)15-27(39)37(3)4/h7-14,16-17,29H,15,33H2,1-6H3,(H,34,35,36). The molecule has 3 aromatic carbocycles. The third kappa shape index (κ3) is 5.90. The molecule has 0 spiro atoms. The first kappa shape index (κ1) is 28.5. The van der Waals surface area contributed by atoms with Crippen LogP contribution in [0.5, 0.6) is 5.75 Å². The number of aryl methyl sites for hydroxylation is 1. The lowest BCUT2D eigenvalue weighted by Gasteiger charge is -2.23. The zero-order valence-electron chi connectivity index (χ0n) is 23.5. The van der Waals surface area contributed by atoms with E-state index in [0.29, 0.717) is 23.0 Å². The van der Waals surface area contributed by atoms with E-state index >= 15 is 0 Å². The maximum Gasteiger partial charge on any atom is 0.265 e. The first-order valence-corrected chi connectivity index (χ1v) is 12.8. The number of anilines is 4. The fourth-order valence-electron chi connectivity index (χ4n) is 4.59. The number of para-hydroxylation sites is 1. The number of rotatable bonds is 9. The van der Waals surface area contributed by atoms with Crippen molar-refractivity contribution in [2.75, 3.05) is 44.2 Å². The van der Waals surface area contributed by atoms with E-state index in [1.165, 1.54) is 6.07 Å². The van der Waals surface area contributed by atoms with Crippen molar-refractivity contribution in [3.8, 4) is 5.75 Å². The normalized spacial score (nSPS) is 11.9. The number of carbonyl (C=O) groups excluding carboxylic acids is 1. The van der Waals surface area contributed by atoms with Gasteiger partial charge in [0.1, 0.15) is 17.4 Å². The molecule has 1 heterocycles. The molecule has 0 saturated carbocycles. The van der Waals surface area contributed by atoms with Gasteiger partial charge in [-0.2, -0.15) is 0 Å². The molecular weight excluding hydrogens is 514 g/mol. The Labute approximate surface area is 232 Å². The van der Waals surface area contributed by atoms with Crippen molar-refractivity contribution in [2.45, 2.75) is 32.7 Å². The van der Waals surface area contributed by atoms with Gasteiger partial charge < -0.3 is 25.6 Å². The van der Waals surface area contributed by atoms with Gasteiger partial charge in [-0.15, -0.1) is 0 Å². The third-order valence-electron chi connectivity index (χ3n) is 6.90. The Hall–Kier alpha value is -4.47. The number of alkyl halides is 2. The molecule has 0 saturated heterocycles. The second-order valence-corrected chi connectivity index (χ2v) is 9.86. The van der Waals surface area contributed by atoms with Crippen LogP contribution in [0.2, 0.25) is 0 Å². The van der Waals surface area contributed by atoms with Crippen LogP contribution < -0.4 is 20.7 Å². The quantitative estimate of drug-likeness (QED) is 0.246. The Morgan fingerprint density at radius 1 is 1.02 bits per heavy atom. The maximum atomic E-state index is 13.4. The lowest BCUT2D eigenvalue weighted by atomic mass is 10.0. The minimum absolute atomic E-state index is 0.0270. The van der Waals surface area contributed by atoms with Crippen LogP contribution in [0, 0.1) is 6.92 Å². The molecule has 210 valence electrons. The maximum absolute atomic E-state index is 13.4. The number of ether oxygens (including phenoxy) is 1. The van der Waals surface area contributed by atoms with E-state index in [-0.39, 0.29) is 23.6 Å². The van der Waals surface area contributed by atoms with Crippen LogP contribution in [0.3, 0.4) is 0 Å². The average Bonchev–Trinajstić information content (AvgIpc) is 2.92. The molecule has 0 aliphatic heterocycles. The van der Waals surface area contributed by atoms with Crippen LogP contribution in [-0.4, -0.2) is 49.0 Å². The van der Waals surface area contributed by atoms with Crippen molar-refractivity contribution in [3.63, 3.8) is 0 Å². The predicted molar refractivity (Wildman–Crippen MR) is 156 cm³/mol. The van der Waals surface area contributed by atoms with Gasteiger partial charge in [-0.05, 0) is 55.8 Å². The van der Waals surface area contributed by atoms with E-state index in [1.807, 2.05) is 55.3 Å². The van der Waals surface area contributed by atoms with Crippen LogP contribution in [0.25, 0.3) is 10.9 Å². The van der Waals surface area contributed by atoms with Crippen LogP contribution in [-0.2, 0) is 11.2 Å². The Kier molecular flexibility index (Phi) is 8.37. The number of nitrogens with zero attached hydrogens (tertiary/aromatic N) is 4. The summed E-state index contributed by atoms with van der Waals surface area (Å²) in [5.41, 5.74) is 9.79. The molecule has 1 aromatic heterocycles. The van der Waals surface area contributed by atoms with E-state index < -0.39 is 12.5 Å². The van der Waals surface area contributed by atoms with Crippen LogP contribution >= 0.6 is 0 Å². The summed E-state index contributed by atoms with van der Waals surface area (Å²) < 4.78 is 32.4. The minimum Gasteiger partial charge on any atom is -0.496 e. The number of amides is 1. The first-order chi connectivity index (χ1) is 19.0. The molecule has 1 unspecified atom stereocenters. The number of aromatic nitrogens is 2. The third-order valence-corrected chi connectivity index (χ3v) is 6.90. The largest absolute Gasteiger partial charge is 0.496 e. The molecular formula is C30H34F2N6O2. The van der Waals surface area contributed by atoms with Crippen molar-refractivity contribution in [2.24, 2.45) is 0 Å². The molecule has 8 nitrogen and oxygen atoms in total. The molecule has 4 rings (SSSR count). The highest BCUT2D eigenvalue weighted by atomic mass is 19.3. The van der Waals surface area contributed by atoms with Gasteiger partial charge >= 0.3 is 0 Å². The fourth-order valence-corrected chi connectivity index (χ4v) is 4.59. The second-order valence-electron chi connectivity index (χ2n) is 9.86. The molecule has 0 aliphatic rings. The fraction of sp³-hybridized carbons (Fsp3) is 0.300.